The smallest absolute Gasteiger partial charge is 0.271 e. The maximum Gasteiger partial charge on any atom is 0.271 e. The van der Waals surface area contributed by atoms with E-state index in [2.05, 4.69) is 11.4 Å². The second-order valence-electron chi connectivity index (χ2n) is 8.08. The summed E-state index contributed by atoms with van der Waals surface area (Å²) in [4.78, 5) is 27.7. The van der Waals surface area contributed by atoms with Crippen molar-refractivity contribution < 1.29 is 9.18 Å². The second-order valence-corrected chi connectivity index (χ2v) is 8.46. The minimum Gasteiger partial charge on any atom is -0.353 e. The van der Waals surface area contributed by atoms with Crippen LogP contribution in [0.3, 0.4) is 0 Å². The van der Waals surface area contributed by atoms with Crippen molar-refractivity contribution in [2.24, 2.45) is 7.05 Å². The van der Waals surface area contributed by atoms with E-state index in [4.69, 9.17) is 16.9 Å². The Bertz CT molecular complexity index is 1290. The van der Waals surface area contributed by atoms with Crippen molar-refractivity contribution in [3.05, 3.63) is 92.6 Å². The van der Waals surface area contributed by atoms with Gasteiger partial charge in [0.05, 0.1) is 22.9 Å². The summed E-state index contributed by atoms with van der Waals surface area (Å²) in [7, 11) is 1.55. The standard InChI is InChI=1S/C25H22ClFN4O2/c1-30-15-21(23(22(26)25(30)33)29-20-4-2-3-16(13-20)14-28)24(32)31-11-9-18(10-12-31)17-5-7-19(27)8-6-17/h2-8,13,15,18,29H,9-12H2,1H3. The van der Waals surface area contributed by atoms with E-state index in [-0.39, 0.29) is 33.9 Å². The van der Waals surface area contributed by atoms with Gasteiger partial charge < -0.3 is 14.8 Å². The molecule has 4 rings (SSSR count). The Kier molecular flexibility index (Phi) is 6.47. The lowest BCUT2D eigenvalue weighted by atomic mass is 9.89. The highest BCUT2D eigenvalue weighted by molar-refractivity contribution is 6.34. The number of amides is 1. The van der Waals surface area contributed by atoms with Crippen LogP contribution < -0.4 is 10.9 Å². The minimum atomic E-state index is -0.429. The number of likely N-dealkylation sites (tertiary alicyclic amines) is 1. The summed E-state index contributed by atoms with van der Waals surface area (Å²) in [5.41, 5.74) is 2.13. The molecule has 1 amide bonds. The largest absolute Gasteiger partial charge is 0.353 e. The summed E-state index contributed by atoms with van der Waals surface area (Å²) in [6.45, 7) is 1.06. The number of nitriles is 1. The molecule has 0 spiro atoms. The van der Waals surface area contributed by atoms with Crippen molar-refractivity contribution in [3.8, 4) is 6.07 Å². The van der Waals surface area contributed by atoms with Crippen LogP contribution >= 0.6 is 11.6 Å². The molecule has 33 heavy (non-hydrogen) atoms. The number of halogens is 2. The number of pyridine rings is 1. The molecule has 1 N–H and O–H groups in total. The predicted octanol–water partition coefficient (Wildman–Crippen LogP) is 4.81. The first-order chi connectivity index (χ1) is 15.9. The Morgan fingerprint density at radius 3 is 2.55 bits per heavy atom. The lowest BCUT2D eigenvalue weighted by molar-refractivity contribution is 0.0713. The number of hydrogen-bond acceptors (Lipinski definition) is 4. The average molecular weight is 465 g/mol. The van der Waals surface area contributed by atoms with E-state index >= 15 is 0 Å². The Balaban J connectivity index is 1.59. The van der Waals surface area contributed by atoms with E-state index in [1.165, 1.54) is 22.9 Å². The van der Waals surface area contributed by atoms with Gasteiger partial charge in [-0.1, -0.05) is 29.8 Å². The quantitative estimate of drug-likeness (QED) is 0.600. The van der Waals surface area contributed by atoms with Crippen molar-refractivity contribution in [1.29, 1.82) is 5.26 Å². The molecule has 168 valence electrons. The van der Waals surface area contributed by atoms with Gasteiger partial charge in [-0.15, -0.1) is 0 Å². The number of aromatic nitrogens is 1. The monoisotopic (exact) mass is 464 g/mol. The minimum absolute atomic E-state index is 0.0908. The summed E-state index contributed by atoms with van der Waals surface area (Å²) in [6.07, 6.45) is 2.99. The van der Waals surface area contributed by atoms with Gasteiger partial charge in [0.2, 0.25) is 0 Å². The maximum absolute atomic E-state index is 13.4. The molecule has 1 aliphatic rings. The number of nitrogens with zero attached hydrogens (tertiary/aromatic N) is 3. The predicted molar refractivity (Wildman–Crippen MR) is 125 cm³/mol. The van der Waals surface area contributed by atoms with Gasteiger partial charge in [-0.2, -0.15) is 5.26 Å². The fourth-order valence-electron chi connectivity index (χ4n) is 4.11. The maximum atomic E-state index is 13.4. The first-order valence-electron chi connectivity index (χ1n) is 10.6. The van der Waals surface area contributed by atoms with E-state index in [1.54, 1.807) is 48.3 Å². The molecular formula is C25H22ClFN4O2. The Morgan fingerprint density at radius 1 is 1.18 bits per heavy atom. The normalized spacial score (nSPS) is 14.1. The molecule has 0 bridgehead atoms. The van der Waals surface area contributed by atoms with Crippen LogP contribution in [0.5, 0.6) is 0 Å². The van der Waals surface area contributed by atoms with Crippen molar-refractivity contribution >= 4 is 28.9 Å². The van der Waals surface area contributed by atoms with E-state index in [1.807, 2.05) is 0 Å². The van der Waals surface area contributed by atoms with Gasteiger partial charge in [0, 0.05) is 32.0 Å². The van der Waals surface area contributed by atoms with E-state index in [9.17, 15) is 14.0 Å². The van der Waals surface area contributed by atoms with Gasteiger partial charge in [-0.05, 0) is 54.7 Å². The molecule has 3 aromatic rings. The third-order valence-corrected chi connectivity index (χ3v) is 6.29. The van der Waals surface area contributed by atoms with E-state index in [0.29, 0.717) is 24.3 Å². The van der Waals surface area contributed by atoms with Gasteiger partial charge in [0.15, 0.2) is 0 Å². The molecule has 2 aromatic carbocycles. The first-order valence-corrected chi connectivity index (χ1v) is 11.0. The fourth-order valence-corrected chi connectivity index (χ4v) is 4.40. The molecule has 0 saturated carbocycles. The Labute approximate surface area is 195 Å². The van der Waals surface area contributed by atoms with Crippen LogP contribution in [0.2, 0.25) is 5.02 Å². The lowest BCUT2D eigenvalue weighted by Crippen LogP contribution is -2.39. The zero-order valence-electron chi connectivity index (χ0n) is 18.0. The summed E-state index contributed by atoms with van der Waals surface area (Å²) in [6, 6.07) is 15.3. The molecule has 0 radical (unpaired) electrons. The summed E-state index contributed by atoms with van der Waals surface area (Å²) in [5, 5.41) is 12.1. The van der Waals surface area contributed by atoms with E-state index in [0.717, 1.165) is 18.4 Å². The average Bonchev–Trinajstić information content (AvgIpc) is 2.84. The van der Waals surface area contributed by atoms with Crippen LogP contribution in [0.25, 0.3) is 0 Å². The van der Waals surface area contributed by atoms with Crippen LogP contribution in [0.1, 0.15) is 40.2 Å². The zero-order valence-corrected chi connectivity index (χ0v) is 18.8. The third kappa shape index (κ3) is 4.76. The van der Waals surface area contributed by atoms with Crippen molar-refractivity contribution in [2.45, 2.75) is 18.8 Å². The Hall–Kier alpha value is -3.63. The highest BCUT2D eigenvalue weighted by Gasteiger charge is 2.28. The summed E-state index contributed by atoms with van der Waals surface area (Å²) in [5.74, 6) is -0.244. The zero-order chi connectivity index (χ0) is 23.5. The number of benzene rings is 2. The number of carbonyl (C=O) groups is 1. The van der Waals surface area contributed by atoms with Crippen LogP contribution in [0.15, 0.2) is 59.5 Å². The summed E-state index contributed by atoms with van der Waals surface area (Å²) >= 11 is 6.36. The summed E-state index contributed by atoms with van der Waals surface area (Å²) < 4.78 is 14.5. The van der Waals surface area contributed by atoms with Gasteiger partial charge >= 0.3 is 0 Å². The van der Waals surface area contributed by atoms with Gasteiger partial charge in [0.25, 0.3) is 11.5 Å². The Morgan fingerprint density at radius 2 is 1.88 bits per heavy atom. The van der Waals surface area contributed by atoms with Crippen LogP contribution in [-0.4, -0.2) is 28.5 Å². The number of nitrogens with one attached hydrogen (secondary N) is 1. The number of aryl methyl sites for hydroxylation is 1. The van der Waals surface area contributed by atoms with Gasteiger partial charge in [0.1, 0.15) is 10.8 Å². The number of hydrogen-bond donors (Lipinski definition) is 1. The highest BCUT2D eigenvalue weighted by Crippen LogP contribution is 2.32. The lowest BCUT2D eigenvalue weighted by Gasteiger charge is -2.33. The van der Waals surface area contributed by atoms with Gasteiger partial charge in [-0.25, -0.2) is 4.39 Å². The molecule has 6 nitrogen and oxygen atoms in total. The van der Waals surface area contributed by atoms with Crippen molar-refractivity contribution in [1.82, 2.24) is 9.47 Å². The second kappa shape index (κ2) is 9.47. The van der Waals surface area contributed by atoms with Crippen LogP contribution in [0.4, 0.5) is 15.8 Å². The van der Waals surface area contributed by atoms with Crippen LogP contribution in [0, 0.1) is 17.1 Å². The molecule has 1 aliphatic heterocycles. The third-order valence-electron chi connectivity index (χ3n) is 5.93. The van der Waals surface area contributed by atoms with E-state index < -0.39 is 5.56 Å². The molecule has 0 unspecified atom stereocenters. The molecular weight excluding hydrogens is 443 g/mol. The number of rotatable bonds is 4. The molecule has 1 aromatic heterocycles. The fraction of sp³-hybridized carbons (Fsp3) is 0.240. The molecule has 2 heterocycles. The van der Waals surface area contributed by atoms with Crippen LogP contribution in [-0.2, 0) is 7.05 Å². The van der Waals surface area contributed by atoms with Gasteiger partial charge in [-0.3, -0.25) is 9.59 Å². The number of anilines is 2. The first kappa shape index (κ1) is 22.6. The molecule has 8 heteroatoms. The van der Waals surface area contributed by atoms with Crippen molar-refractivity contribution in [3.63, 3.8) is 0 Å². The topological polar surface area (TPSA) is 78.1 Å². The SMILES string of the molecule is Cn1cc(C(=O)N2CCC(c3ccc(F)cc3)CC2)c(Nc2cccc(C#N)c2)c(Cl)c1=O. The highest BCUT2D eigenvalue weighted by atomic mass is 35.5. The molecule has 0 atom stereocenters. The van der Waals surface area contributed by atoms with Crippen molar-refractivity contribution in [2.75, 3.05) is 18.4 Å². The molecule has 0 aliphatic carbocycles. The number of carbonyl (C=O) groups excluding carboxylic acids is 1. The molecule has 1 fully saturated rings. The molecule has 1 saturated heterocycles. The number of piperidine rings is 1.